The lowest BCUT2D eigenvalue weighted by molar-refractivity contribution is -0.133. The van der Waals surface area contributed by atoms with E-state index in [1.807, 2.05) is 36.9 Å². The smallest absolute Gasteiger partial charge is 0.244 e. The fourth-order valence-electron chi connectivity index (χ4n) is 4.50. The van der Waals surface area contributed by atoms with Crippen LogP contribution in [0.5, 0.6) is 5.75 Å². The molecular formula is C27H27N5O3S. The van der Waals surface area contributed by atoms with Crippen LogP contribution in [0.1, 0.15) is 37.0 Å². The highest BCUT2D eigenvalue weighted by Crippen LogP contribution is 2.37. The van der Waals surface area contributed by atoms with Crippen LogP contribution in [-0.4, -0.2) is 65.7 Å². The normalized spacial score (nSPS) is 16.3. The number of carbonyl (C=O) groups excluding carboxylic acids is 1. The van der Waals surface area contributed by atoms with E-state index in [0.29, 0.717) is 37.6 Å². The molecule has 2 aromatic carbocycles. The Kier molecular flexibility index (Phi) is 7.07. The van der Waals surface area contributed by atoms with E-state index in [4.69, 9.17) is 9.47 Å². The number of amides is 1. The lowest BCUT2D eigenvalue weighted by Crippen LogP contribution is -2.41. The van der Waals surface area contributed by atoms with E-state index in [0.717, 1.165) is 45.3 Å². The number of aliphatic imine (C=N–C) groups is 1. The molecule has 5 rings (SSSR count). The summed E-state index contributed by atoms with van der Waals surface area (Å²) in [6.45, 7) is 6.48. The minimum atomic E-state index is -0.0119. The predicted octanol–water partition coefficient (Wildman–Crippen LogP) is 4.13. The molecule has 184 valence electrons. The first-order chi connectivity index (χ1) is 17.5. The largest absolute Gasteiger partial charge is 0.490 e. The van der Waals surface area contributed by atoms with Gasteiger partial charge in [-0.15, -0.1) is 10.2 Å². The van der Waals surface area contributed by atoms with Crippen LogP contribution in [0.15, 0.2) is 41.4 Å². The maximum absolute atomic E-state index is 12.5. The van der Waals surface area contributed by atoms with Crippen LogP contribution in [0.3, 0.4) is 0 Å². The molecule has 1 aliphatic heterocycles. The molecule has 1 aliphatic carbocycles. The van der Waals surface area contributed by atoms with Crippen molar-refractivity contribution in [3.05, 3.63) is 53.1 Å². The summed E-state index contributed by atoms with van der Waals surface area (Å²) in [5, 5.41) is 20.0. The van der Waals surface area contributed by atoms with Crippen LogP contribution in [0.2, 0.25) is 0 Å². The molecule has 0 N–H and O–H groups in total. The van der Waals surface area contributed by atoms with E-state index >= 15 is 0 Å². The maximum atomic E-state index is 12.5. The number of benzene rings is 2. The lowest BCUT2D eigenvalue weighted by atomic mass is 10.0. The SMILES string of the molecule is CC(C)Oc1ccc(-c2nnc(-c3cccc4c3CC/C4=N/CC(=O)N3CCOCC3)s2)cc1C#N. The van der Waals surface area contributed by atoms with Gasteiger partial charge >= 0.3 is 0 Å². The van der Waals surface area contributed by atoms with Crippen molar-refractivity contribution in [2.45, 2.75) is 32.8 Å². The van der Waals surface area contributed by atoms with Crippen molar-refractivity contribution < 1.29 is 14.3 Å². The molecule has 0 atom stereocenters. The monoisotopic (exact) mass is 501 g/mol. The second-order valence-corrected chi connectivity index (χ2v) is 9.97. The maximum Gasteiger partial charge on any atom is 0.244 e. The van der Waals surface area contributed by atoms with E-state index in [9.17, 15) is 10.1 Å². The van der Waals surface area contributed by atoms with Gasteiger partial charge in [-0.3, -0.25) is 9.79 Å². The molecule has 0 unspecified atom stereocenters. The summed E-state index contributed by atoms with van der Waals surface area (Å²) in [7, 11) is 0. The van der Waals surface area contributed by atoms with E-state index in [2.05, 4.69) is 33.4 Å². The minimum Gasteiger partial charge on any atom is -0.490 e. The summed E-state index contributed by atoms with van der Waals surface area (Å²) in [5.74, 6) is 0.617. The Morgan fingerprint density at radius 1 is 1.17 bits per heavy atom. The minimum absolute atomic E-state index is 0.0119. The Bertz CT molecular complexity index is 1350. The highest BCUT2D eigenvalue weighted by molar-refractivity contribution is 7.17. The highest BCUT2D eigenvalue weighted by Gasteiger charge is 2.24. The first-order valence-electron chi connectivity index (χ1n) is 12.1. The van der Waals surface area contributed by atoms with Crippen molar-refractivity contribution >= 4 is 23.0 Å². The second-order valence-electron chi connectivity index (χ2n) is 8.99. The van der Waals surface area contributed by atoms with Crippen molar-refractivity contribution in [1.29, 1.82) is 5.26 Å². The Labute approximate surface area is 214 Å². The number of morpholine rings is 1. The Hall–Kier alpha value is -3.61. The number of fused-ring (bicyclic) bond motifs is 1. The van der Waals surface area contributed by atoms with Gasteiger partial charge in [0.25, 0.3) is 0 Å². The quantitative estimate of drug-likeness (QED) is 0.504. The fourth-order valence-corrected chi connectivity index (χ4v) is 5.39. The number of hydrogen-bond acceptors (Lipinski definition) is 8. The zero-order valence-electron chi connectivity index (χ0n) is 20.4. The van der Waals surface area contributed by atoms with Crippen LogP contribution in [0, 0.1) is 11.3 Å². The predicted molar refractivity (Wildman–Crippen MR) is 138 cm³/mol. The first-order valence-corrected chi connectivity index (χ1v) is 12.9. The van der Waals surface area contributed by atoms with Gasteiger partial charge in [0, 0.05) is 29.9 Å². The first kappa shape index (κ1) is 24.1. The molecule has 1 fully saturated rings. The molecule has 2 aliphatic rings. The summed E-state index contributed by atoms with van der Waals surface area (Å²) in [5.41, 5.74) is 5.60. The van der Waals surface area contributed by atoms with Gasteiger partial charge in [0.2, 0.25) is 5.91 Å². The topological polar surface area (TPSA) is 101 Å². The number of carbonyl (C=O) groups is 1. The Morgan fingerprint density at radius 2 is 1.94 bits per heavy atom. The molecule has 1 amide bonds. The summed E-state index contributed by atoms with van der Waals surface area (Å²) >= 11 is 1.50. The van der Waals surface area contributed by atoms with Crippen molar-refractivity contribution in [3.8, 4) is 33.0 Å². The second kappa shape index (κ2) is 10.6. The van der Waals surface area contributed by atoms with E-state index < -0.39 is 0 Å². The number of nitrogens with zero attached hydrogens (tertiary/aromatic N) is 5. The van der Waals surface area contributed by atoms with Gasteiger partial charge in [-0.25, -0.2) is 0 Å². The van der Waals surface area contributed by atoms with E-state index in [-0.39, 0.29) is 18.6 Å². The Balaban J connectivity index is 1.37. The van der Waals surface area contributed by atoms with Crippen LogP contribution >= 0.6 is 11.3 Å². The van der Waals surface area contributed by atoms with Gasteiger partial charge < -0.3 is 14.4 Å². The van der Waals surface area contributed by atoms with E-state index in [1.54, 1.807) is 6.07 Å². The van der Waals surface area contributed by atoms with Crippen LogP contribution < -0.4 is 4.74 Å². The Morgan fingerprint density at radius 3 is 2.72 bits per heavy atom. The molecule has 1 aromatic heterocycles. The van der Waals surface area contributed by atoms with Gasteiger partial charge in [0.1, 0.15) is 28.4 Å². The molecule has 9 heteroatoms. The molecule has 0 saturated carbocycles. The number of ether oxygens (including phenoxy) is 2. The molecule has 0 bridgehead atoms. The van der Waals surface area contributed by atoms with Crippen molar-refractivity contribution in [1.82, 2.24) is 15.1 Å². The average Bonchev–Trinajstić information content (AvgIpc) is 3.55. The third kappa shape index (κ3) is 5.01. The van der Waals surface area contributed by atoms with Gasteiger partial charge in [-0.05, 0) is 56.0 Å². The summed E-state index contributed by atoms with van der Waals surface area (Å²) < 4.78 is 11.1. The number of nitriles is 1. The van der Waals surface area contributed by atoms with Gasteiger partial charge in [-0.1, -0.05) is 29.5 Å². The highest BCUT2D eigenvalue weighted by atomic mass is 32.1. The fraction of sp³-hybridized carbons (Fsp3) is 0.370. The number of aromatic nitrogens is 2. The molecular weight excluding hydrogens is 474 g/mol. The molecule has 2 heterocycles. The van der Waals surface area contributed by atoms with Gasteiger partial charge in [-0.2, -0.15) is 5.26 Å². The third-order valence-corrected chi connectivity index (χ3v) is 7.24. The molecule has 1 saturated heterocycles. The van der Waals surface area contributed by atoms with Crippen molar-refractivity contribution in [3.63, 3.8) is 0 Å². The summed E-state index contributed by atoms with van der Waals surface area (Å²) in [4.78, 5) is 19.0. The zero-order chi connectivity index (χ0) is 25.1. The zero-order valence-corrected chi connectivity index (χ0v) is 21.2. The van der Waals surface area contributed by atoms with Crippen LogP contribution in [0.4, 0.5) is 0 Å². The number of rotatable bonds is 6. The third-order valence-electron chi connectivity index (χ3n) is 6.23. The molecule has 3 aromatic rings. The van der Waals surface area contributed by atoms with Gasteiger partial charge in [0.05, 0.1) is 24.9 Å². The lowest BCUT2D eigenvalue weighted by Gasteiger charge is -2.26. The average molecular weight is 502 g/mol. The van der Waals surface area contributed by atoms with Crippen molar-refractivity contribution in [2.24, 2.45) is 4.99 Å². The molecule has 36 heavy (non-hydrogen) atoms. The van der Waals surface area contributed by atoms with Crippen molar-refractivity contribution in [2.75, 3.05) is 32.8 Å². The van der Waals surface area contributed by atoms with Gasteiger partial charge in [0.15, 0.2) is 0 Å². The molecule has 8 nitrogen and oxygen atoms in total. The summed E-state index contributed by atoms with van der Waals surface area (Å²) in [6.07, 6.45) is 1.64. The number of hydrogen-bond donors (Lipinski definition) is 0. The van der Waals surface area contributed by atoms with Crippen LogP contribution in [0.25, 0.3) is 21.1 Å². The van der Waals surface area contributed by atoms with E-state index in [1.165, 1.54) is 16.9 Å². The standard InChI is InChI=1S/C27H27N5O3S/c1-17(2)35-24-9-6-18(14-19(24)15-28)26-30-31-27(36-26)22-5-3-4-21-20(22)7-8-23(21)29-16-25(33)32-10-12-34-13-11-32/h3-6,9,14,17H,7-8,10-13,16H2,1-2H3/b29-23-. The molecule has 0 spiro atoms. The summed E-state index contributed by atoms with van der Waals surface area (Å²) in [6, 6.07) is 13.9. The van der Waals surface area contributed by atoms with Crippen LogP contribution in [-0.2, 0) is 16.0 Å². The molecule has 0 radical (unpaired) electrons.